The Hall–Kier alpha value is -6.08. The van der Waals surface area contributed by atoms with E-state index >= 15 is 0 Å². The summed E-state index contributed by atoms with van der Waals surface area (Å²) in [6.45, 7) is 1.55. The van der Waals surface area contributed by atoms with Crippen LogP contribution in [0, 0.1) is 10.1 Å². The predicted molar refractivity (Wildman–Crippen MR) is 266 cm³/mol. The number of non-ortho nitro benzene ring substituents is 1. The molecule has 0 fully saturated rings. The minimum atomic E-state index is -4.60. The largest absolute Gasteiger partial charge is 0.417 e. The number of hydrogen-bond donors (Lipinski definition) is 7. The summed E-state index contributed by atoms with van der Waals surface area (Å²) in [5.74, 6) is 0.0242. The Kier molecular flexibility index (Phi) is 21.2. The molecule has 73 heavy (non-hydrogen) atoms. The van der Waals surface area contributed by atoms with E-state index in [4.69, 9.17) is 64.3 Å². The second-order valence-corrected chi connectivity index (χ2v) is 16.9. The summed E-state index contributed by atoms with van der Waals surface area (Å²) in [6, 6.07) is 13.1. The van der Waals surface area contributed by atoms with E-state index in [9.17, 15) is 56.3 Å². The molecule has 0 saturated heterocycles. The maximum atomic E-state index is 12.8. The van der Waals surface area contributed by atoms with Crippen molar-refractivity contribution >= 4 is 86.7 Å². The number of aliphatic hydroxyl groups excluding tert-OH is 4. The summed E-state index contributed by atoms with van der Waals surface area (Å²) >= 11 is 23.6. The van der Waals surface area contributed by atoms with Gasteiger partial charge in [0.05, 0.1) is 60.7 Å². The Bertz CT molecular complexity index is 2820. The highest BCUT2D eigenvalue weighted by atomic mass is 35.5. The fourth-order valence-corrected chi connectivity index (χ4v) is 7.76. The van der Waals surface area contributed by atoms with Crippen LogP contribution in [0.25, 0.3) is 11.1 Å². The lowest BCUT2D eigenvalue weighted by molar-refractivity contribution is -0.384. The van der Waals surface area contributed by atoms with Gasteiger partial charge in [-0.1, -0.05) is 66.0 Å². The smallest absolute Gasteiger partial charge is 0.410 e. The quantitative estimate of drug-likeness (QED) is 0.0393. The number of ether oxygens (including phenoxy) is 1. The van der Waals surface area contributed by atoms with Gasteiger partial charge in [-0.15, -0.1) is 0 Å². The molecule has 3 amide bonds. The number of anilines is 2. The highest BCUT2D eigenvalue weighted by molar-refractivity contribution is 6.33. The van der Waals surface area contributed by atoms with Gasteiger partial charge < -0.3 is 40.7 Å². The molecular weight excluding hydrogens is 1060 g/mol. The number of nitrogens with one attached hydrogen (secondary N) is 3. The summed E-state index contributed by atoms with van der Waals surface area (Å²) in [4.78, 5) is 44.0. The number of rotatable bonds is 10. The standard InChI is InChI=1S/C20H18Cl2F3N3O3.C14H8ClF3N2O4.C12H15ClN2O2.CH4.H2/c21-15-8-13(1-2-14(15)20(23,24)25)27-19(31)28-5-3-11(4-6-28)18-16(22)7-12(9-26-18)17(30)10-29;15-12-7-8(1-6-11(12)14(16,17)18)19-13(21)24-10-4-2-9(3-5-10)20(22)23;13-10-5-9(11(17)7-16)6-15-12(10)8-1-3-14-4-2-8;;/h1-3,7-9,17,29-30H,4-6,10H2,(H,27,31);1-7H,(H,19,21);1,5-6,11,14,16-17H,2-4,7H2;1H4;1H/t17-;;11-;;/m1.1../s1/i;;;;1+1D. The summed E-state index contributed by atoms with van der Waals surface area (Å²) in [5.41, 5.74) is 2.12. The predicted octanol–water partition coefficient (Wildman–Crippen LogP) is 11.7. The lowest BCUT2D eigenvalue weighted by Gasteiger charge is -2.27. The number of carbonyl (C=O) groups excluding carboxylic acids is 2. The Balaban J connectivity index is 0.000000301. The van der Waals surface area contributed by atoms with Crippen molar-refractivity contribution in [2.45, 2.75) is 44.8 Å². The highest BCUT2D eigenvalue weighted by Crippen LogP contribution is 2.38. The minimum Gasteiger partial charge on any atom is -0.410 e. The van der Waals surface area contributed by atoms with Crippen LogP contribution in [-0.2, 0) is 12.4 Å². The monoisotopic (exact) mass is 1110 g/mol. The van der Waals surface area contributed by atoms with Gasteiger partial charge in [0.15, 0.2) is 0 Å². The molecule has 2 atom stereocenters. The molecule has 0 bridgehead atoms. The molecule has 3 aromatic carbocycles. The van der Waals surface area contributed by atoms with Gasteiger partial charge in [0, 0.05) is 69.6 Å². The molecule has 394 valence electrons. The molecule has 16 nitrogen and oxygen atoms in total. The number of nitrogens with zero attached hydrogens (tertiary/aromatic N) is 4. The van der Waals surface area contributed by atoms with Crippen LogP contribution in [0.5, 0.6) is 5.75 Å². The van der Waals surface area contributed by atoms with E-state index in [0.717, 1.165) is 84.9 Å². The molecule has 2 aliphatic heterocycles. The van der Waals surface area contributed by atoms with Crippen molar-refractivity contribution in [2.24, 2.45) is 0 Å². The molecule has 2 aliphatic rings. The number of urea groups is 1. The van der Waals surface area contributed by atoms with E-state index in [2.05, 4.69) is 32.0 Å². The van der Waals surface area contributed by atoms with Gasteiger partial charge in [0.25, 0.3) is 5.69 Å². The van der Waals surface area contributed by atoms with E-state index in [1.54, 1.807) is 18.3 Å². The molecular formula is C47H47Cl4F6N7O9. The van der Waals surface area contributed by atoms with Gasteiger partial charge in [0.2, 0.25) is 0 Å². The average Bonchev–Trinajstić information content (AvgIpc) is 3.36. The maximum Gasteiger partial charge on any atom is 0.417 e. The van der Waals surface area contributed by atoms with E-state index < -0.39 is 69.4 Å². The van der Waals surface area contributed by atoms with Crippen molar-refractivity contribution in [1.29, 1.82) is 0 Å². The average molecular weight is 1110 g/mol. The summed E-state index contributed by atoms with van der Waals surface area (Å²) < 4.78 is 91.0. The van der Waals surface area contributed by atoms with Crippen LogP contribution in [0.3, 0.4) is 0 Å². The first-order valence-corrected chi connectivity index (χ1v) is 22.5. The normalized spacial score (nSPS) is 14.4. The summed E-state index contributed by atoms with van der Waals surface area (Å²) in [6.07, 6.45) is -3.97. The molecule has 26 heteroatoms. The third-order valence-electron chi connectivity index (χ3n) is 10.3. The molecule has 7 N–H and O–H groups in total. The number of nitro benzene ring substituents is 1. The number of benzene rings is 3. The highest BCUT2D eigenvalue weighted by Gasteiger charge is 2.34. The van der Waals surface area contributed by atoms with Crippen LogP contribution >= 0.6 is 46.4 Å². The Labute approximate surface area is 436 Å². The third-order valence-corrected chi connectivity index (χ3v) is 11.5. The van der Waals surface area contributed by atoms with Crippen LogP contribution in [0.2, 0.25) is 20.1 Å². The molecule has 0 spiro atoms. The van der Waals surface area contributed by atoms with Gasteiger partial charge >= 0.3 is 24.5 Å². The van der Waals surface area contributed by atoms with Gasteiger partial charge in [-0.25, -0.2) is 9.59 Å². The first-order valence-electron chi connectivity index (χ1n) is 22.0. The lowest BCUT2D eigenvalue weighted by atomic mass is 10.0. The molecule has 7 rings (SSSR count). The van der Waals surface area contributed by atoms with Crippen molar-refractivity contribution in [2.75, 3.05) is 50.0 Å². The minimum absolute atomic E-state index is 0. The first-order chi connectivity index (χ1) is 35.0. The van der Waals surface area contributed by atoms with Gasteiger partial charge in [-0.2, -0.15) is 26.3 Å². The number of carbonyl (C=O) groups is 2. The van der Waals surface area contributed by atoms with Crippen molar-refractivity contribution in [1.82, 2.24) is 20.2 Å². The zero-order valence-corrected chi connectivity index (χ0v) is 40.0. The number of hydrogen-bond acceptors (Lipinski definition) is 12. The third kappa shape index (κ3) is 17.0. The summed E-state index contributed by atoms with van der Waals surface area (Å²) in [5, 5.41) is 55.2. The van der Waals surface area contributed by atoms with Crippen molar-refractivity contribution in [3.63, 3.8) is 0 Å². The lowest BCUT2D eigenvalue weighted by Crippen LogP contribution is -2.38. The first kappa shape index (κ1) is 57.8. The molecule has 0 radical (unpaired) electrons. The van der Waals surface area contributed by atoms with Crippen LogP contribution in [0.4, 0.5) is 53.0 Å². The maximum absolute atomic E-state index is 12.8. The topological polar surface area (TPSA) is 233 Å². The molecule has 0 aliphatic carbocycles. The van der Waals surface area contributed by atoms with Crippen LogP contribution in [-0.4, -0.2) is 91.7 Å². The zero-order valence-electron chi connectivity index (χ0n) is 38.9. The van der Waals surface area contributed by atoms with E-state index in [0.29, 0.717) is 39.8 Å². The fraction of sp³-hybridized carbons (Fsp3) is 0.277. The fourth-order valence-electron chi connectivity index (χ4n) is 6.59. The molecule has 2 aromatic heterocycles. The van der Waals surface area contributed by atoms with E-state index in [-0.39, 0.29) is 43.4 Å². The number of pyridine rings is 2. The second-order valence-electron chi connectivity index (χ2n) is 15.3. The SMILES string of the molecule is C.O=C(Nc1ccc(C(F)(F)F)c(Cl)c1)N1CC=C(c2ncc([C@H](O)CO)cc2Cl)CC1.O=C(Nc1ccc(C(F)(F)F)c(Cl)c1)Oc1ccc([N+](=O)[O-])cc1.OC[C@@H](O)c1cnc(C2=CCNCC2)c(Cl)c1.[2H][2H]. The van der Waals surface area contributed by atoms with Gasteiger partial charge in [0.1, 0.15) is 18.0 Å². The Morgan fingerprint density at radius 1 is 0.767 bits per heavy atom. The molecule has 0 saturated carbocycles. The number of halogens is 10. The molecule has 5 aromatic rings. The summed E-state index contributed by atoms with van der Waals surface area (Å²) in [7, 11) is 0. The van der Waals surface area contributed by atoms with E-state index in [1.807, 2.05) is 0 Å². The van der Waals surface area contributed by atoms with Crippen molar-refractivity contribution < 1.29 is 69.0 Å². The Morgan fingerprint density at radius 3 is 1.66 bits per heavy atom. The zero-order chi connectivity index (χ0) is 54.9. The van der Waals surface area contributed by atoms with Crippen LogP contribution in [0.15, 0.2) is 97.3 Å². The van der Waals surface area contributed by atoms with Gasteiger partial charge in [-0.05, 0) is 91.2 Å². The molecule has 4 heterocycles. The van der Waals surface area contributed by atoms with Crippen LogP contribution in [0.1, 0.15) is 69.1 Å². The number of nitro groups is 1. The van der Waals surface area contributed by atoms with Crippen molar-refractivity contribution in [3.05, 3.63) is 161 Å². The number of alkyl halides is 6. The van der Waals surface area contributed by atoms with E-state index in [1.165, 1.54) is 29.3 Å². The van der Waals surface area contributed by atoms with Gasteiger partial charge in [-0.3, -0.25) is 25.4 Å². The Morgan fingerprint density at radius 2 is 1.26 bits per heavy atom. The second kappa shape index (κ2) is 26.7. The van der Waals surface area contributed by atoms with Crippen molar-refractivity contribution in [3.8, 4) is 5.75 Å². The number of aromatic nitrogens is 2. The number of aliphatic hydroxyl groups is 4. The van der Waals surface area contributed by atoms with Crippen LogP contribution < -0.4 is 20.7 Å². The molecule has 0 unspecified atom stereocenters. The number of amides is 3.